The minimum absolute atomic E-state index is 0.00420. The lowest BCUT2D eigenvalue weighted by molar-refractivity contribution is -0.139. The van der Waals surface area contributed by atoms with Crippen molar-refractivity contribution in [1.82, 2.24) is 10.6 Å². The number of ether oxygens (including phenoxy) is 1. The van der Waals surface area contributed by atoms with Gasteiger partial charge in [0.05, 0.1) is 6.42 Å². The number of carboxylic acid groups (broad SMARTS) is 1. The minimum Gasteiger partial charge on any atom is -0.481 e. The van der Waals surface area contributed by atoms with Crippen LogP contribution in [0.5, 0.6) is 0 Å². The number of fused-ring (bicyclic) bond motifs is 3. The molecule has 7 nitrogen and oxygen atoms in total. The number of amides is 2. The molecule has 0 unspecified atom stereocenters. The smallest absolute Gasteiger partial charge is 0.407 e. The van der Waals surface area contributed by atoms with E-state index in [1.165, 1.54) is 11.1 Å². The molecular formula is C25H28N2O5. The molecule has 1 saturated carbocycles. The van der Waals surface area contributed by atoms with Crippen LogP contribution < -0.4 is 10.6 Å². The molecule has 3 N–H and O–H groups in total. The summed E-state index contributed by atoms with van der Waals surface area (Å²) in [5.41, 5.74) is 3.86. The fourth-order valence-electron chi connectivity index (χ4n) is 4.61. The molecule has 0 aliphatic heterocycles. The molecule has 2 aliphatic carbocycles. The predicted octanol–water partition coefficient (Wildman–Crippen LogP) is 3.67. The van der Waals surface area contributed by atoms with Crippen molar-refractivity contribution in [3.05, 3.63) is 59.7 Å². The molecule has 32 heavy (non-hydrogen) atoms. The molecule has 2 aliphatic rings. The number of rotatable bonds is 7. The maximum absolute atomic E-state index is 12.4. The quantitative estimate of drug-likeness (QED) is 0.614. The van der Waals surface area contributed by atoms with E-state index in [9.17, 15) is 14.4 Å². The highest BCUT2D eigenvalue weighted by Gasteiger charge is 2.38. The fourth-order valence-corrected chi connectivity index (χ4v) is 4.61. The van der Waals surface area contributed by atoms with Crippen molar-refractivity contribution in [1.29, 1.82) is 0 Å². The van der Waals surface area contributed by atoms with E-state index >= 15 is 0 Å². The summed E-state index contributed by atoms with van der Waals surface area (Å²) < 4.78 is 5.55. The summed E-state index contributed by atoms with van der Waals surface area (Å²) in [6, 6.07) is 16.2. The van der Waals surface area contributed by atoms with Gasteiger partial charge in [0.25, 0.3) is 0 Å². The Morgan fingerprint density at radius 1 is 1.00 bits per heavy atom. The Labute approximate surface area is 187 Å². The Morgan fingerprint density at radius 3 is 2.12 bits per heavy atom. The first-order valence-electron chi connectivity index (χ1n) is 10.9. The summed E-state index contributed by atoms with van der Waals surface area (Å²) in [4.78, 5) is 35.6. The van der Waals surface area contributed by atoms with E-state index in [1.54, 1.807) is 13.8 Å². The lowest BCUT2D eigenvalue weighted by atomic mass is 9.79. The number of carboxylic acids is 1. The zero-order chi connectivity index (χ0) is 22.9. The van der Waals surface area contributed by atoms with Gasteiger partial charge in [0, 0.05) is 23.4 Å². The second-order valence-corrected chi connectivity index (χ2v) is 9.28. The standard InChI is InChI=1S/C25H28N2O5/c1-25(2,13-22(28)29)27-23(30)15-11-16(12-15)26-24(31)32-14-21-19-9-5-3-7-17(19)18-8-4-6-10-20(18)21/h3-10,15-16,21H,11-14H2,1-2H3,(H,26,31)(H,27,30)(H,28,29). The molecule has 168 valence electrons. The molecular weight excluding hydrogens is 408 g/mol. The zero-order valence-corrected chi connectivity index (χ0v) is 18.3. The maximum Gasteiger partial charge on any atom is 0.407 e. The molecule has 0 aromatic heterocycles. The first kappa shape index (κ1) is 21.9. The molecule has 1 fully saturated rings. The monoisotopic (exact) mass is 436 g/mol. The highest BCUT2D eigenvalue weighted by molar-refractivity contribution is 5.82. The molecule has 7 heteroatoms. The molecule has 0 spiro atoms. The normalized spacial score (nSPS) is 19.3. The van der Waals surface area contributed by atoms with Crippen molar-refractivity contribution in [3.63, 3.8) is 0 Å². The van der Waals surface area contributed by atoms with Crippen LogP contribution in [-0.2, 0) is 14.3 Å². The molecule has 2 amide bonds. The summed E-state index contributed by atoms with van der Waals surface area (Å²) in [6.45, 7) is 3.62. The molecule has 2 aromatic rings. The average Bonchev–Trinajstić information content (AvgIpc) is 3.01. The average molecular weight is 437 g/mol. The predicted molar refractivity (Wildman–Crippen MR) is 119 cm³/mol. The molecule has 0 saturated heterocycles. The summed E-state index contributed by atoms with van der Waals surface area (Å²) in [6.07, 6.45) is 0.396. The largest absolute Gasteiger partial charge is 0.481 e. The minimum atomic E-state index is -0.960. The molecule has 0 atom stereocenters. The summed E-state index contributed by atoms with van der Waals surface area (Å²) in [5, 5.41) is 14.6. The van der Waals surface area contributed by atoms with E-state index in [0.29, 0.717) is 12.8 Å². The van der Waals surface area contributed by atoms with E-state index < -0.39 is 17.6 Å². The van der Waals surface area contributed by atoms with Gasteiger partial charge in [-0.05, 0) is 48.9 Å². The van der Waals surface area contributed by atoms with E-state index in [4.69, 9.17) is 9.84 Å². The van der Waals surface area contributed by atoms with Crippen molar-refractivity contribution in [2.75, 3.05) is 6.61 Å². The van der Waals surface area contributed by atoms with Crippen molar-refractivity contribution in [3.8, 4) is 11.1 Å². The van der Waals surface area contributed by atoms with E-state index in [0.717, 1.165) is 11.1 Å². The second-order valence-electron chi connectivity index (χ2n) is 9.28. The van der Waals surface area contributed by atoms with Gasteiger partial charge in [-0.1, -0.05) is 48.5 Å². The van der Waals surface area contributed by atoms with Gasteiger partial charge in [-0.2, -0.15) is 0 Å². The zero-order valence-electron chi connectivity index (χ0n) is 18.3. The number of benzene rings is 2. The number of carbonyl (C=O) groups is 3. The van der Waals surface area contributed by atoms with Gasteiger partial charge < -0.3 is 20.5 Å². The Kier molecular flexibility index (Phi) is 5.91. The number of alkyl carbamates (subject to hydrolysis) is 1. The van der Waals surface area contributed by atoms with Crippen LogP contribution >= 0.6 is 0 Å². The van der Waals surface area contributed by atoms with Crippen LogP contribution in [0.2, 0.25) is 0 Å². The highest BCUT2D eigenvalue weighted by atomic mass is 16.5. The van der Waals surface area contributed by atoms with Gasteiger partial charge in [-0.15, -0.1) is 0 Å². The van der Waals surface area contributed by atoms with Gasteiger partial charge in [0.2, 0.25) is 5.91 Å². The van der Waals surface area contributed by atoms with Crippen LogP contribution in [0.1, 0.15) is 50.2 Å². The van der Waals surface area contributed by atoms with Gasteiger partial charge >= 0.3 is 12.1 Å². The fraction of sp³-hybridized carbons (Fsp3) is 0.400. The molecule has 0 bridgehead atoms. The number of nitrogens with one attached hydrogen (secondary N) is 2. The number of hydrogen-bond acceptors (Lipinski definition) is 4. The molecule has 0 heterocycles. The first-order chi connectivity index (χ1) is 15.2. The van der Waals surface area contributed by atoms with Crippen LogP contribution in [0.25, 0.3) is 11.1 Å². The lowest BCUT2D eigenvalue weighted by Crippen LogP contribution is -2.54. The maximum atomic E-state index is 12.4. The van der Waals surface area contributed by atoms with Gasteiger partial charge in [0.1, 0.15) is 6.61 Å². The van der Waals surface area contributed by atoms with Crippen LogP contribution in [-0.4, -0.2) is 41.3 Å². The van der Waals surface area contributed by atoms with Gasteiger partial charge in [-0.3, -0.25) is 9.59 Å². The van der Waals surface area contributed by atoms with E-state index in [1.807, 2.05) is 24.3 Å². The van der Waals surface area contributed by atoms with Gasteiger partial charge in [0.15, 0.2) is 0 Å². The Hall–Kier alpha value is -3.35. The topological polar surface area (TPSA) is 105 Å². The van der Waals surface area contributed by atoms with E-state index in [2.05, 4.69) is 34.9 Å². The number of carbonyl (C=O) groups excluding carboxylic acids is 2. The van der Waals surface area contributed by atoms with Crippen LogP contribution in [0, 0.1) is 5.92 Å². The van der Waals surface area contributed by atoms with Gasteiger partial charge in [-0.25, -0.2) is 4.79 Å². The van der Waals surface area contributed by atoms with Crippen LogP contribution in [0.3, 0.4) is 0 Å². The third-order valence-electron chi connectivity index (χ3n) is 6.23. The number of hydrogen-bond donors (Lipinski definition) is 3. The van der Waals surface area contributed by atoms with Crippen molar-refractivity contribution in [2.24, 2.45) is 5.92 Å². The van der Waals surface area contributed by atoms with Crippen molar-refractivity contribution >= 4 is 18.0 Å². The molecule has 0 radical (unpaired) electrons. The summed E-state index contributed by atoms with van der Waals surface area (Å²) in [5.74, 6) is -1.37. The second kappa shape index (κ2) is 8.65. The van der Waals surface area contributed by atoms with Crippen LogP contribution in [0.15, 0.2) is 48.5 Å². The van der Waals surface area contributed by atoms with Crippen molar-refractivity contribution < 1.29 is 24.2 Å². The Bertz CT molecular complexity index is 997. The summed E-state index contributed by atoms with van der Waals surface area (Å²) >= 11 is 0. The summed E-state index contributed by atoms with van der Waals surface area (Å²) in [7, 11) is 0. The lowest BCUT2D eigenvalue weighted by Gasteiger charge is -2.36. The Balaban J connectivity index is 1.26. The third kappa shape index (κ3) is 4.61. The SMILES string of the molecule is CC(C)(CC(=O)O)NC(=O)C1CC(NC(=O)OCC2c3ccccc3-c3ccccc32)C1. The van der Waals surface area contributed by atoms with Crippen molar-refractivity contribution in [2.45, 2.75) is 50.6 Å². The Morgan fingerprint density at radius 2 is 1.56 bits per heavy atom. The highest BCUT2D eigenvalue weighted by Crippen LogP contribution is 2.44. The first-order valence-corrected chi connectivity index (χ1v) is 10.9. The third-order valence-corrected chi connectivity index (χ3v) is 6.23. The number of aliphatic carboxylic acids is 1. The van der Waals surface area contributed by atoms with Crippen LogP contribution in [0.4, 0.5) is 4.79 Å². The molecule has 2 aromatic carbocycles. The molecule has 4 rings (SSSR count). The van der Waals surface area contributed by atoms with E-state index in [-0.39, 0.29) is 36.8 Å².